The maximum Gasteiger partial charge on any atom is 0.303 e. The van der Waals surface area contributed by atoms with Crippen LogP contribution in [0.15, 0.2) is 0 Å². The summed E-state index contributed by atoms with van der Waals surface area (Å²) in [5.74, 6) is -0.106. The number of likely N-dealkylation sites (tertiary alicyclic amines) is 1. The monoisotopic (exact) mass is 282 g/mol. The summed E-state index contributed by atoms with van der Waals surface area (Å²) in [4.78, 5) is 25.1. The number of nitrogens with zero attached hydrogens (tertiary/aromatic N) is 1. The van der Waals surface area contributed by atoms with Crippen LogP contribution in [-0.4, -0.2) is 41.0 Å². The van der Waals surface area contributed by atoms with E-state index in [4.69, 9.17) is 10.8 Å². The van der Waals surface area contributed by atoms with Crippen molar-refractivity contribution in [1.82, 2.24) is 4.90 Å². The molecule has 0 spiro atoms. The third-order valence-electron chi connectivity index (χ3n) is 4.60. The van der Waals surface area contributed by atoms with Gasteiger partial charge >= 0.3 is 5.97 Å². The van der Waals surface area contributed by atoms with Gasteiger partial charge in [0.05, 0.1) is 0 Å². The molecule has 1 amide bonds. The first-order chi connectivity index (χ1) is 9.56. The first-order valence-corrected chi connectivity index (χ1v) is 7.82. The Bertz CT molecular complexity index is 353. The average Bonchev–Trinajstić information content (AvgIpc) is 2.44. The molecule has 2 aliphatic rings. The van der Waals surface area contributed by atoms with E-state index in [2.05, 4.69) is 0 Å². The third kappa shape index (κ3) is 4.20. The second kappa shape index (κ2) is 7.07. The van der Waals surface area contributed by atoms with E-state index in [0.717, 1.165) is 32.1 Å². The number of hydrogen-bond acceptors (Lipinski definition) is 3. The van der Waals surface area contributed by atoms with Crippen LogP contribution >= 0.6 is 0 Å². The molecule has 2 rings (SSSR count). The second-order valence-corrected chi connectivity index (χ2v) is 6.37. The average molecular weight is 282 g/mol. The van der Waals surface area contributed by atoms with Crippen molar-refractivity contribution in [2.45, 2.75) is 57.4 Å². The zero-order chi connectivity index (χ0) is 14.5. The molecule has 1 aliphatic carbocycles. The largest absolute Gasteiger partial charge is 0.481 e. The molecule has 0 bridgehead atoms. The van der Waals surface area contributed by atoms with Crippen LogP contribution in [0.2, 0.25) is 0 Å². The first-order valence-electron chi connectivity index (χ1n) is 7.82. The highest BCUT2D eigenvalue weighted by Crippen LogP contribution is 2.28. The fraction of sp³-hybridized carbons (Fsp3) is 0.867. The number of piperidine rings is 1. The van der Waals surface area contributed by atoms with Crippen molar-refractivity contribution in [3.05, 3.63) is 0 Å². The van der Waals surface area contributed by atoms with Gasteiger partial charge in [0.2, 0.25) is 5.91 Å². The van der Waals surface area contributed by atoms with Crippen LogP contribution in [0.4, 0.5) is 0 Å². The Balaban J connectivity index is 1.89. The number of carbonyl (C=O) groups excluding carboxylic acids is 1. The van der Waals surface area contributed by atoms with E-state index in [1.165, 1.54) is 6.42 Å². The Hall–Kier alpha value is -1.10. The lowest BCUT2D eigenvalue weighted by atomic mass is 9.86. The molecule has 5 heteroatoms. The van der Waals surface area contributed by atoms with Gasteiger partial charge < -0.3 is 15.7 Å². The van der Waals surface area contributed by atoms with Crippen LogP contribution in [0, 0.1) is 11.8 Å². The molecule has 3 N–H and O–H groups in total. The van der Waals surface area contributed by atoms with Gasteiger partial charge in [-0.3, -0.25) is 9.59 Å². The molecule has 1 saturated carbocycles. The topological polar surface area (TPSA) is 83.6 Å². The van der Waals surface area contributed by atoms with Crippen LogP contribution in [0.1, 0.15) is 51.4 Å². The molecule has 1 saturated heterocycles. The van der Waals surface area contributed by atoms with E-state index in [9.17, 15) is 9.59 Å². The minimum atomic E-state index is -0.769. The predicted molar refractivity (Wildman–Crippen MR) is 76.1 cm³/mol. The van der Waals surface area contributed by atoms with Crippen LogP contribution in [0.3, 0.4) is 0 Å². The molecule has 2 atom stereocenters. The summed E-state index contributed by atoms with van der Waals surface area (Å²) < 4.78 is 0. The zero-order valence-corrected chi connectivity index (χ0v) is 12.1. The molecule has 0 aromatic rings. The summed E-state index contributed by atoms with van der Waals surface area (Å²) >= 11 is 0. The van der Waals surface area contributed by atoms with Crippen molar-refractivity contribution >= 4 is 11.9 Å². The second-order valence-electron chi connectivity index (χ2n) is 6.37. The van der Waals surface area contributed by atoms with Gasteiger partial charge in [0.1, 0.15) is 0 Å². The quantitative estimate of drug-likeness (QED) is 0.820. The first kappa shape index (κ1) is 15.3. The number of hydrogen-bond donors (Lipinski definition) is 2. The lowest BCUT2D eigenvalue weighted by Gasteiger charge is -2.38. The number of carbonyl (C=O) groups is 2. The van der Waals surface area contributed by atoms with Crippen molar-refractivity contribution in [2.75, 3.05) is 13.1 Å². The Kier molecular flexibility index (Phi) is 5.40. The van der Waals surface area contributed by atoms with E-state index < -0.39 is 5.97 Å². The number of aliphatic carboxylic acids is 1. The molecule has 2 unspecified atom stereocenters. The number of rotatable bonds is 4. The molecule has 0 radical (unpaired) electrons. The fourth-order valence-corrected chi connectivity index (χ4v) is 3.57. The van der Waals surface area contributed by atoms with Crippen molar-refractivity contribution in [3.63, 3.8) is 0 Å². The molecule has 2 fully saturated rings. The Labute approximate surface area is 120 Å². The molecule has 1 aliphatic heterocycles. The molecule has 1 heterocycles. The van der Waals surface area contributed by atoms with Gasteiger partial charge in [-0.2, -0.15) is 0 Å². The van der Waals surface area contributed by atoms with E-state index in [1.807, 2.05) is 4.90 Å². The van der Waals surface area contributed by atoms with E-state index >= 15 is 0 Å². The van der Waals surface area contributed by atoms with E-state index in [1.54, 1.807) is 0 Å². The van der Waals surface area contributed by atoms with Gasteiger partial charge in [0.15, 0.2) is 0 Å². The van der Waals surface area contributed by atoms with Gasteiger partial charge in [0.25, 0.3) is 0 Å². The molecule has 0 aromatic heterocycles. The maximum atomic E-state index is 12.5. The molecule has 0 aromatic carbocycles. The van der Waals surface area contributed by atoms with Gasteiger partial charge in [0, 0.05) is 31.5 Å². The van der Waals surface area contributed by atoms with Crippen molar-refractivity contribution in [3.8, 4) is 0 Å². The maximum absolute atomic E-state index is 12.5. The summed E-state index contributed by atoms with van der Waals surface area (Å²) in [5.41, 5.74) is 6.05. The standard InChI is InChI=1S/C15H26N2O3/c16-13-8-11(6-7-14(18)19)9-17(10-13)15(20)12-4-2-1-3-5-12/h11-13H,1-10,16H2,(H,18,19). The predicted octanol–water partition coefficient (Wildman–Crippen LogP) is 1.61. The Morgan fingerprint density at radius 1 is 1.15 bits per heavy atom. The summed E-state index contributed by atoms with van der Waals surface area (Å²) in [6.45, 7) is 1.33. The van der Waals surface area contributed by atoms with Gasteiger partial charge in [-0.05, 0) is 31.6 Å². The summed E-state index contributed by atoms with van der Waals surface area (Å²) in [5, 5.41) is 8.78. The number of nitrogens with two attached hydrogens (primary N) is 1. The smallest absolute Gasteiger partial charge is 0.303 e. The lowest BCUT2D eigenvalue weighted by Crippen LogP contribution is -2.51. The van der Waals surface area contributed by atoms with Gasteiger partial charge in [-0.1, -0.05) is 19.3 Å². The zero-order valence-electron chi connectivity index (χ0n) is 12.1. The van der Waals surface area contributed by atoms with Crippen molar-refractivity contribution in [1.29, 1.82) is 0 Å². The van der Waals surface area contributed by atoms with Gasteiger partial charge in [-0.15, -0.1) is 0 Å². The summed E-state index contributed by atoms with van der Waals surface area (Å²) in [7, 11) is 0. The van der Waals surface area contributed by atoms with Crippen LogP contribution < -0.4 is 5.73 Å². The normalized spacial score (nSPS) is 28.4. The molecule has 114 valence electrons. The highest BCUT2D eigenvalue weighted by molar-refractivity contribution is 5.79. The lowest BCUT2D eigenvalue weighted by molar-refractivity contribution is -0.139. The van der Waals surface area contributed by atoms with Crippen molar-refractivity contribution < 1.29 is 14.7 Å². The molecular formula is C15H26N2O3. The molecule has 20 heavy (non-hydrogen) atoms. The molecule has 5 nitrogen and oxygen atoms in total. The Morgan fingerprint density at radius 2 is 1.85 bits per heavy atom. The summed E-state index contributed by atoms with van der Waals surface area (Å²) in [6, 6.07) is -0.00455. The SMILES string of the molecule is NC1CC(CCC(=O)O)CN(C(=O)C2CCCCC2)C1. The van der Waals surface area contributed by atoms with Crippen LogP contribution in [0.5, 0.6) is 0 Å². The van der Waals surface area contributed by atoms with Crippen molar-refractivity contribution in [2.24, 2.45) is 17.6 Å². The minimum Gasteiger partial charge on any atom is -0.481 e. The highest BCUT2D eigenvalue weighted by Gasteiger charge is 2.32. The summed E-state index contributed by atoms with van der Waals surface area (Å²) in [6.07, 6.45) is 7.18. The highest BCUT2D eigenvalue weighted by atomic mass is 16.4. The van der Waals surface area contributed by atoms with E-state index in [0.29, 0.717) is 19.5 Å². The number of carboxylic acid groups (broad SMARTS) is 1. The number of amides is 1. The Morgan fingerprint density at radius 3 is 2.50 bits per heavy atom. The van der Waals surface area contributed by atoms with Gasteiger partial charge in [-0.25, -0.2) is 0 Å². The number of carboxylic acids is 1. The fourth-order valence-electron chi connectivity index (χ4n) is 3.57. The van der Waals surface area contributed by atoms with Crippen LogP contribution in [0.25, 0.3) is 0 Å². The molecular weight excluding hydrogens is 256 g/mol. The van der Waals surface area contributed by atoms with Crippen LogP contribution in [-0.2, 0) is 9.59 Å². The minimum absolute atomic E-state index is 0.00455. The van der Waals surface area contributed by atoms with E-state index in [-0.39, 0.29) is 30.2 Å². The third-order valence-corrected chi connectivity index (χ3v) is 4.60.